The fourth-order valence-corrected chi connectivity index (χ4v) is 3.47. The van der Waals surface area contributed by atoms with Crippen LogP contribution in [-0.2, 0) is 16.0 Å². The molecule has 1 aromatic heterocycles. The van der Waals surface area contributed by atoms with Gasteiger partial charge in [0.2, 0.25) is 5.91 Å². The third-order valence-electron chi connectivity index (χ3n) is 3.42. The third kappa shape index (κ3) is 4.81. The Morgan fingerprint density at radius 1 is 1.46 bits per heavy atom. The van der Waals surface area contributed by atoms with E-state index in [1.54, 1.807) is 12.3 Å². The maximum absolute atomic E-state index is 12.1. The van der Waals surface area contributed by atoms with Crippen molar-refractivity contribution >= 4 is 58.0 Å². The van der Waals surface area contributed by atoms with E-state index in [0.717, 1.165) is 10.4 Å². The molecule has 1 amide bonds. The summed E-state index contributed by atoms with van der Waals surface area (Å²) < 4.78 is 5.28. The van der Waals surface area contributed by atoms with Crippen LogP contribution in [0.5, 0.6) is 0 Å². The molecule has 0 saturated carbocycles. The first-order valence-electron chi connectivity index (χ1n) is 7.13. The smallest absolute Gasteiger partial charge is 0.245 e. The van der Waals surface area contributed by atoms with Crippen LogP contribution < -0.4 is 10.6 Å². The number of nitrogens with zero attached hydrogens (tertiary/aromatic N) is 1. The van der Waals surface area contributed by atoms with E-state index in [0.29, 0.717) is 41.4 Å². The molecule has 1 unspecified atom stereocenters. The molecule has 24 heavy (non-hydrogen) atoms. The minimum absolute atomic E-state index is 0. The molecule has 1 aromatic carbocycles. The van der Waals surface area contributed by atoms with Gasteiger partial charge in [0.15, 0.2) is 5.13 Å². The summed E-state index contributed by atoms with van der Waals surface area (Å²) in [4.78, 5) is 17.3. The van der Waals surface area contributed by atoms with Crippen LogP contribution in [0.25, 0.3) is 0 Å². The zero-order valence-corrected chi connectivity index (χ0v) is 15.7. The number of anilines is 1. The molecule has 1 aliphatic rings. The Morgan fingerprint density at radius 3 is 3.04 bits per heavy atom. The molecule has 1 saturated heterocycles. The van der Waals surface area contributed by atoms with Crippen LogP contribution in [0, 0.1) is 0 Å². The van der Waals surface area contributed by atoms with E-state index in [4.69, 9.17) is 27.9 Å². The van der Waals surface area contributed by atoms with Crippen molar-refractivity contribution in [2.45, 2.75) is 12.5 Å². The predicted molar refractivity (Wildman–Crippen MR) is 99.9 cm³/mol. The second-order valence-electron chi connectivity index (χ2n) is 5.09. The Hall–Kier alpha value is -0.890. The van der Waals surface area contributed by atoms with Gasteiger partial charge in [-0.2, -0.15) is 0 Å². The average molecular weight is 409 g/mol. The lowest BCUT2D eigenvalue weighted by molar-refractivity contribution is -0.120. The van der Waals surface area contributed by atoms with Crippen molar-refractivity contribution in [3.63, 3.8) is 0 Å². The number of hydrogen-bond donors (Lipinski definition) is 2. The highest BCUT2D eigenvalue weighted by Gasteiger charge is 2.22. The standard InChI is InChI=1S/C15H15Cl2N3O2S.ClH/c16-11-3-1-2-9(13(11)17)6-10-7-19-15(23-10)20-14(21)12-8-22-5-4-18-12;/h1-3,7,12,18H,4-6,8H2,(H,19,20,21);1H. The molecule has 2 aromatic rings. The van der Waals surface area contributed by atoms with Crippen LogP contribution in [-0.4, -0.2) is 36.7 Å². The Labute approximate surface area is 160 Å². The number of carbonyl (C=O) groups excluding carboxylic acids is 1. The average Bonchev–Trinajstić information content (AvgIpc) is 3.00. The summed E-state index contributed by atoms with van der Waals surface area (Å²) in [5.41, 5.74) is 0.933. The van der Waals surface area contributed by atoms with Gasteiger partial charge in [-0.05, 0) is 11.6 Å². The number of rotatable bonds is 4. The first kappa shape index (κ1) is 19.4. The normalized spacial score (nSPS) is 17.2. The SMILES string of the molecule is Cl.O=C(Nc1ncc(Cc2cccc(Cl)c2Cl)s1)C1COCCN1. The van der Waals surface area contributed by atoms with E-state index < -0.39 is 0 Å². The zero-order chi connectivity index (χ0) is 16.2. The lowest BCUT2D eigenvalue weighted by Crippen LogP contribution is -2.48. The van der Waals surface area contributed by atoms with Gasteiger partial charge in [0.05, 0.1) is 23.3 Å². The van der Waals surface area contributed by atoms with E-state index in [-0.39, 0.29) is 24.4 Å². The highest BCUT2D eigenvalue weighted by atomic mass is 35.5. The molecule has 0 spiro atoms. The number of ether oxygens (including phenoxy) is 1. The van der Waals surface area contributed by atoms with Crippen LogP contribution in [0.4, 0.5) is 5.13 Å². The lowest BCUT2D eigenvalue weighted by Gasteiger charge is -2.22. The summed E-state index contributed by atoms with van der Waals surface area (Å²) in [6.07, 6.45) is 2.36. The largest absolute Gasteiger partial charge is 0.378 e. The minimum atomic E-state index is -0.335. The second kappa shape index (κ2) is 8.99. The lowest BCUT2D eigenvalue weighted by atomic mass is 10.1. The van der Waals surface area contributed by atoms with Crippen LogP contribution >= 0.6 is 46.9 Å². The van der Waals surface area contributed by atoms with Gasteiger partial charge in [0, 0.05) is 24.0 Å². The van der Waals surface area contributed by atoms with Crippen molar-refractivity contribution in [2.75, 3.05) is 25.1 Å². The Kier molecular flexibility index (Phi) is 7.28. The van der Waals surface area contributed by atoms with Crippen molar-refractivity contribution in [1.82, 2.24) is 10.3 Å². The number of thiazole rings is 1. The molecule has 5 nitrogen and oxygen atoms in total. The summed E-state index contributed by atoms with van der Waals surface area (Å²) in [6.45, 7) is 1.68. The topological polar surface area (TPSA) is 63.2 Å². The van der Waals surface area contributed by atoms with E-state index in [1.165, 1.54) is 11.3 Å². The number of morpholine rings is 1. The Morgan fingerprint density at radius 2 is 2.29 bits per heavy atom. The molecular weight excluding hydrogens is 393 g/mol. The number of benzene rings is 1. The fourth-order valence-electron chi connectivity index (χ4n) is 2.25. The second-order valence-corrected chi connectivity index (χ2v) is 6.99. The summed E-state index contributed by atoms with van der Waals surface area (Å²) >= 11 is 13.6. The molecule has 1 aliphatic heterocycles. The van der Waals surface area contributed by atoms with Crippen molar-refractivity contribution in [1.29, 1.82) is 0 Å². The summed E-state index contributed by atoms with van der Waals surface area (Å²) in [5, 5.41) is 7.57. The van der Waals surface area contributed by atoms with Gasteiger partial charge in [0.1, 0.15) is 6.04 Å². The molecule has 3 rings (SSSR count). The molecule has 130 valence electrons. The van der Waals surface area contributed by atoms with E-state index >= 15 is 0 Å². The van der Waals surface area contributed by atoms with Crippen LogP contribution in [0.2, 0.25) is 10.0 Å². The quantitative estimate of drug-likeness (QED) is 0.814. The summed E-state index contributed by atoms with van der Waals surface area (Å²) in [6, 6.07) is 5.21. The van der Waals surface area contributed by atoms with Gasteiger partial charge in [-0.15, -0.1) is 23.7 Å². The van der Waals surface area contributed by atoms with Crippen LogP contribution in [0.15, 0.2) is 24.4 Å². The number of amides is 1. The number of nitrogens with one attached hydrogen (secondary N) is 2. The van der Waals surface area contributed by atoms with Crippen molar-refractivity contribution < 1.29 is 9.53 Å². The van der Waals surface area contributed by atoms with Crippen molar-refractivity contribution in [2.24, 2.45) is 0 Å². The molecule has 1 atom stereocenters. The first-order valence-corrected chi connectivity index (χ1v) is 8.70. The van der Waals surface area contributed by atoms with Gasteiger partial charge >= 0.3 is 0 Å². The molecule has 0 bridgehead atoms. The van der Waals surface area contributed by atoms with Gasteiger partial charge in [-0.25, -0.2) is 4.98 Å². The van der Waals surface area contributed by atoms with Gasteiger partial charge in [-0.3, -0.25) is 4.79 Å². The maximum atomic E-state index is 12.1. The molecule has 9 heteroatoms. The molecule has 2 N–H and O–H groups in total. The fraction of sp³-hybridized carbons (Fsp3) is 0.333. The maximum Gasteiger partial charge on any atom is 0.245 e. The van der Waals surface area contributed by atoms with Crippen molar-refractivity contribution in [3.05, 3.63) is 44.9 Å². The third-order valence-corrected chi connectivity index (χ3v) is 5.19. The molecule has 2 heterocycles. The molecular formula is C15H16Cl3N3O2S. The number of carbonyl (C=O) groups is 1. The molecule has 0 radical (unpaired) electrons. The van der Waals surface area contributed by atoms with Gasteiger partial charge in [-0.1, -0.05) is 35.3 Å². The molecule has 1 fully saturated rings. The zero-order valence-electron chi connectivity index (χ0n) is 12.6. The van der Waals surface area contributed by atoms with Crippen LogP contribution in [0.1, 0.15) is 10.4 Å². The monoisotopic (exact) mass is 407 g/mol. The van der Waals surface area contributed by atoms with Gasteiger partial charge < -0.3 is 15.4 Å². The Bertz CT molecular complexity index is 705. The Balaban J connectivity index is 0.00000208. The highest BCUT2D eigenvalue weighted by molar-refractivity contribution is 7.15. The van der Waals surface area contributed by atoms with Crippen LogP contribution in [0.3, 0.4) is 0 Å². The summed E-state index contributed by atoms with van der Waals surface area (Å²) in [7, 11) is 0. The predicted octanol–water partition coefficient (Wildman–Crippen LogP) is 3.39. The van der Waals surface area contributed by atoms with Gasteiger partial charge in [0.25, 0.3) is 0 Å². The van der Waals surface area contributed by atoms with E-state index in [9.17, 15) is 4.79 Å². The molecule has 0 aliphatic carbocycles. The van der Waals surface area contributed by atoms with Crippen molar-refractivity contribution in [3.8, 4) is 0 Å². The highest BCUT2D eigenvalue weighted by Crippen LogP contribution is 2.29. The first-order chi connectivity index (χ1) is 11.1. The van der Waals surface area contributed by atoms with E-state index in [1.807, 2.05) is 12.1 Å². The summed E-state index contributed by atoms with van der Waals surface area (Å²) in [5.74, 6) is -0.133. The van der Waals surface area contributed by atoms with E-state index in [2.05, 4.69) is 15.6 Å². The number of aromatic nitrogens is 1. The number of halogens is 3. The minimum Gasteiger partial charge on any atom is -0.378 e. The number of hydrogen-bond acceptors (Lipinski definition) is 5.